The van der Waals surface area contributed by atoms with Crippen LogP contribution < -0.4 is 16.0 Å². The number of carbonyl (C=O) groups is 4. The third kappa shape index (κ3) is 6.84. The van der Waals surface area contributed by atoms with Gasteiger partial charge in [-0.2, -0.15) is 13.2 Å². The van der Waals surface area contributed by atoms with Gasteiger partial charge in [-0.05, 0) is 43.3 Å². The fourth-order valence-electron chi connectivity index (χ4n) is 2.37. The molecule has 0 spiro atoms. The first kappa shape index (κ1) is 23.4. The summed E-state index contributed by atoms with van der Waals surface area (Å²) in [7, 11) is 0. The molecule has 2 aromatic rings. The van der Waals surface area contributed by atoms with Crippen molar-refractivity contribution in [3.8, 4) is 0 Å². The number of hydrogen-bond acceptors (Lipinski definition) is 5. The molecule has 0 aliphatic heterocycles. The number of anilines is 2. The maximum atomic E-state index is 12.9. The van der Waals surface area contributed by atoms with Gasteiger partial charge in [-0.3, -0.25) is 14.4 Å². The SMILES string of the molecule is CCOC(=O)c1ccc(NC(=O)C(=O)NCC(=O)Nc2ccccc2C(F)(F)F)cc1. The van der Waals surface area contributed by atoms with Gasteiger partial charge in [0.15, 0.2) is 0 Å². The lowest BCUT2D eigenvalue weighted by molar-refractivity contribution is -0.137. The lowest BCUT2D eigenvalue weighted by Crippen LogP contribution is -2.40. The van der Waals surface area contributed by atoms with Crippen LogP contribution in [0.25, 0.3) is 0 Å². The van der Waals surface area contributed by atoms with E-state index < -0.39 is 47.7 Å². The first-order chi connectivity index (χ1) is 14.6. The summed E-state index contributed by atoms with van der Waals surface area (Å²) in [5.41, 5.74) is -1.06. The van der Waals surface area contributed by atoms with Crippen LogP contribution in [0.5, 0.6) is 0 Å². The van der Waals surface area contributed by atoms with Crippen molar-refractivity contribution in [3.05, 3.63) is 59.7 Å². The highest BCUT2D eigenvalue weighted by Gasteiger charge is 2.33. The number of carbonyl (C=O) groups excluding carboxylic acids is 4. The summed E-state index contributed by atoms with van der Waals surface area (Å²) in [6.45, 7) is 1.13. The summed E-state index contributed by atoms with van der Waals surface area (Å²) in [5.74, 6) is -3.77. The van der Waals surface area contributed by atoms with E-state index >= 15 is 0 Å². The van der Waals surface area contributed by atoms with Crippen molar-refractivity contribution in [2.24, 2.45) is 0 Å². The van der Waals surface area contributed by atoms with Crippen molar-refractivity contribution < 1.29 is 37.1 Å². The monoisotopic (exact) mass is 437 g/mol. The molecule has 2 aromatic carbocycles. The van der Waals surface area contributed by atoms with E-state index in [2.05, 4.69) is 5.32 Å². The molecule has 0 saturated carbocycles. The van der Waals surface area contributed by atoms with Gasteiger partial charge in [-0.25, -0.2) is 4.79 Å². The number of halogens is 3. The second kappa shape index (κ2) is 10.2. The van der Waals surface area contributed by atoms with Crippen molar-refractivity contribution >= 4 is 35.1 Å². The van der Waals surface area contributed by atoms with Crippen LogP contribution in [0.2, 0.25) is 0 Å². The Balaban J connectivity index is 1.88. The molecule has 0 aromatic heterocycles. The van der Waals surface area contributed by atoms with Crippen LogP contribution >= 0.6 is 0 Å². The average molecular weight is 437 g/mol. The second-order valence-electron chi connectivity index (χ2n) is 6.03. The Labute approximate surface area is 174 Å². The molecule has 8 nitrogen and oxygen atoms in total. The highest BCUT2D eigenvalue weighted by Crippen LogP contribution is 2.34. The summed E-state index contributed by atoms with van der Waals surface area (Å²) in [5, 5.41) is 6.31. The van der Waals surface area contributed by atoms with Crippen molar-refractivity contribution in [2.75, 3.05) is 23.8 Å². The highest BCUT2D eigenvalue weighted by molar-refractivity contribution is 6.39. The summed E-state index contributed by atoms with van der Waals surface area (Å²) >= 11 is 0. The topological polar surface area (TPSA) is 114 Å². The molecule has 2 rings (SSSR count). The molecular weight excluding hydrogens is 419 g/mol. The van der Waals surface area contributed by atoms with Crippen LogP contribution in [0.15, 0.2) is 48.5 Å². The third-order valence-electron chi connectivity index (χ3n) is 3.78. The zero-order chi connectivity index (χ0) is 23.0. The number of hydrogen-bond donors (Lipinski definition) is 3. The predicted octanol–water partition coefficient (Wildman–Crippen LogP) is 2.58. The number of nitrogens with one attached hydrogen (secondary N) is 3. The van der Waals surface area contributed by atoms with Crippen molar-refractivity contribution in [2.45, 2.75) is 13.1 Å². The van der Waals surface area contributed by atoms with Gasteiger partial charge in [0.2, 0.25) is 5.91 Å². The summed E-state index contributed by atoms with van der Waals surface area (Å²) < 4.78 is 43.6. The second-order valence-corrected chi connectivity index (χ2v) is 6.03. The van der Waals surface area contributed by atoms with Crippen molar-refractivity contribution in [1.82, 2.24) is 5.32 Å². The van der Waals surface area contributed by atoms with E-state index in [-0.39, 0.29) is 17.9 Å². The van der Waals surface area contributed by atoms with E-state index in [1.54, 1.807) is 6.92 Å². The van der Waals surface area contributed by atoms with Gasteiger partial charge >= 0.3 is 24.0 Å². The Morgan fingerprint density at radius 2 is 1.55 bits per heavy atom. The number of alkyl halides is 3. The van der Waals surface area contributed by atoms with E-state index in [4.69, 9.17) is 4.74 Å². The lowest BCUT2D eigenvalue weighted by atomic mass is 10.1. The molecule has 0 aliphatic rings. The molecule has 11 heteroatoms. The predicted molar refractivity (Wildman–Crippen MR) is 104 cm³/mol. The summed E-state index contributed by atoms with van der Waals surface area (Å²) in [6.07, 6.45) is -4.67. The first-order valence-corrected chi connectivity index (χ1v) is 8.94. The molecule has 3 N–H and O–H groups in total. The minimum absolute atomic E-state index is 0.201. The fourth-order valence-corrected chi connectivity index (χ4v) is 2.37. The molecule has 3 amide bonds. The van der Waals surface area contributed by atoms with E-state index in [0.717, 1.165) is 12.1 Å². The number of para-hydroxylation sites is 1. The third-order valence-corrected chi connectivity index (χ3v) is 3.78. The Kier molecular flexibility index (Phi) is 7.72. The maximum absolute atomic E-state index is 12.9. The molecule has 0 bridgehead atoms. The zero-order valence-corrected chi connectivity index (χ0v) is 16.2. The first-order valence-electron chi connectivity index (χ1n) is 8.94. The molecule has 0 radical (unpaired) electrons. The van der Waals surface area contributed by atoms with Gasteiger partial charge in [0.1, 0.15) is 0 Å². The average Bonchev–Trinajstić information content (AvgIpc) is 2.72. The summed E-state index contributed by atoms with van der Waals surface area (Å²) in [6, 6.07) is 9.86. The fraction of sp³-hybridized carbons (Fsp3) is 0.200. The largest absolute Gasteiger partial charge is 0.462 e. The van der Waals surface area contributed by atoms with Crippen molar-refractivity contribution in [1.29, 1.82) is 0 Å². The normalized spacial score (nSPS) is 10.7. The van der Waals surface area contributed by atoms with Crippen LogP contribution in [-0.2, 0) is 25.3 Å². The van der Waals surface area contributed by atoms with E-state index in [0.29, 0.717) is 0 Å². The number of amides is 3. The standard InChI is InChI=1S/C20H18F3N3O5/c1-2-31-19(30)12-7-9-13(10-8-12)25-18(29)17(28)24-11-16(27)26-15-6-4-3-5-14(15)20(21,22)23/h3-10H,2,11H2,1H3,(H,24,28)(H,25,29)(H,26,27). The molecular formula is C20H18F3N3O5. The van der Waals surface area contributed by atoms with Gasteiger partial charge in [-0.15, -0.1) is 0 Å². The van der Waals surface area contributed by atoms with Gasteiger partial charge in [0.05, 0.1) is 30.0 Å². The zero-order valence-electron chi connectivity index (χ0n) is 16.2. The number of rotatable bonds is 6. The van der Waals surface area contributed by atoms with Gasteiger partial charge in [0, 0.05) is 5.69 Å². The van der Waals surface area contributed by atoms with E-state index in [9.17, 15) is 32.3 Å². The molecule has 0 unspecified atom stereocenters. The van der Waals surface area contributed by atoms with Crippen LogP contribution in [0, 0.1) is 0 Å². The molecule has 0 heterocycles. The van der Waals surface area contributed by atoms with Gasteiger partial charge < -0.3 is 20.7 Å². The Bertz CT molecular complexity index is 975. The van der Waals surface area contributed by atoms with Crippen LogP contribution in [0.1, 0.15) is 22.8 Å². The van der Waals surface area contributed by atoms with E-state index in [1.165, 1.54) is 36.4 Å². The van der Waals surface area contributed by atoms with E-state index in [1.807, 2.05) is 10.6 Å². The molecule has 0 saturated heterocycles. The van der Waals surface area contributed by atoms with Crippen LogP contribution in [0.4, 0.5) is 24.5 Å². The number of ether oxygens (including phenoxy) is 1. The maximum Gasteiger partial charge on any atom is 0.418 e. The minimum Gasteiger partial charge on any atom is -0.462 e. The summed E-state index contributed by atoms with van der Waals surface area (Å²) in [4.78, 5) is 47.2. The van der Waals surface area contributed by atoms with Gasteiger partial charge in [0.25, 0.3) is 0 Å². The Morgan fingerprint density at radius 1 is 0.903 bits per heavy atom. The molecule has 164 valence electrons. The van der Waals surface area contributed by atoms with Gasteiger partial charge in [-0.1, -0.05) is 12.1 Å². The molecule has 0 fully saturated rings. The highest BCUT2D eigenvalue weighted by atomic mass is 19.4. The number of benzene rings is 2. The quantitative estimate of drug-likeness (QED) is 0.475. The lowest BCUT2D eigenvalue weighted by Gasteiger charge is -2.13. The number of esters is 1. The van der Waals surface area contributed by atoms with Crippen LogP contribution in [-0.4, -0.2) is 36.8 Å². The van der Waals surface area contributed by atoms with Crippen LogP contribution in [0.3, 0.4) is 0 Å². The van der Waals surface area contributed by atoms with Crippen molar-refractivity contribution in [3.63, 3.8) is 0 Å². The minimum atomic E-state index is -4.67. The Hall–Kier alpha value is -3.89. The smallest absolute Gasteiger partial charge is 0.418 e. The molecule has 0 aliphatic carbocycles. The Morgan fingerprint density at radius 3 is 2.16 bits per heavy atom. The molecule has 31 heavy (non-hydrogen) atoms. The molecule has 0 atom stereocenters.